The van der Waals surface area contributed by atoms with Crippen molar-refractivity contribution in [3.8, 4) is 0 Å². The lowest BCUT2D eigenvalue weighted by Gasteiger charge is -2.12. The number of hydrogen-bond acceptors (Lipinski definition) is 3. The lowest BCUT2D eigenvalue weighted by molar-refractivity contribution is 0.0709. The molecule has 78 valence electrons. The summed E-state index contributed by atoms with van der Waals surface area (Å²) in [7, 11) is 0. The molecule has 2 aromatic rings. The Morgan fingerprint density at radius 2 is 2.13 bits per heavy atom. The number of H-pyrrole nitrogens is 1. The second-order valence-electron chi connectivity index (χ2n) is 3.62. The molecular formula is C11H11NO2S. The van der Waals surface area contributed by atoms with Crippen molar-refractivity contribution >= 4 is 29.3 Å². The van der Waals surface area contributed by atoms with Crippen molar-refractivity contribution in [2.45, 2.75) is 11.9 Å². The highest BCUT2D eigenvalue weighted by Crippen LogP contribution is 2.20. The first-order valence-electron chi connectivity index (χ1n) is 4.56. The van der Waals surface area contributed by atoms with Crippen molar-refractivity contribution in [3.05, 3.63) is 36.0 Å². The van der Waals surface area contributed by atoms with Crippen LogP contribution in [0.4, 0.5) is 0 Å². The van der Waals surface area contributed by atoms with Gasteiger partial charge in [0.25, 0.3) is 0 Å². The molecular weight excluding hydrogens is 210 g/mol. The van der Waals surface area contributed by atoms with Gasteiger partial charge in [-0.2, -0.15) is 0 Å². The third kappa shape index (κ3) is 1.91. The van der Waals surface area contributed by atoms with Crippen LogP contribution in [0.25, 0.3) is 10.9 Å². The van der Waals surface area contributed by atoms with Gasteiger partial charge < -0.3 is 10.1 Å². The van der Waals surface area contributed by atoms with Crippen LogP contribution in [0.3, 0.4) is 0 Å². The van der Waals surface area contributed by atoms with Gasteiger partial charge in [-0.05, 0) is 19.1 Å². The van der Waals surface area contributed by atoms with Crippen LogP contribution in [-0.4, -0.2) is 20.8 Å². The molecule has 3 nitrogen and oxygen atoms in total. The number of Topliss-reactive ketones (excluding diaryl/α,β-unsaturated/α-hetero) is 1. The lowest BCUT2D eigenvalue weighted by atomic mass is 10.2. The number of nitrogens with one attached hydrogen (secondary N) is 1. The Kier molecular flexibility index (Phi) is 2.32. The molecule has 0 bridgehead atoms. The van der Waals surface area contributed by atoms with Crippen LogP contribution in [0.2, 0.25) is 0 Å². The number of para-hydroxylation sites is 1. The molecule has 0 radical (unpaired) electrons. The maximum atomic E-state index is 11.7. The fourth-order valence-corrected chi connectivity index (χ4v) is 1.57. The maximum Gasteiger partial charge on any atom is 0.220 e. The Bertz CT molecular complexity index is 478. The van der Waals surface area contributed by atoms with Gasteiger partial charge in [0.1, 0.15) is 0 Å². The summed E-state index contributed by atoms with van der Waals surface area (Å²) in [5.41, 5.74) is 1.25. The van der Waals surface area contributed by atoms with E-state index < -0.39 is 10.7 Å². The summed E-state index contributed by atoms with van der Waals surface area (Å²) in [4.78, 5) is 13.0. The number of fused-ring (bicyclic) bond motifs is 1. The molecule has 0 aliphatic heterocycles. The van der Waals surface area contributed by atoms with E-state index >= 15 is 0 Å². The molecule has 0 amide bonds. The maximum absolute atomic E-state index is 11.7. The second kappa shape index (κ2) is 3.40. The van der Waals surface area contributed by atoms with Crippen molar-refractivity contribution < 1.29 is 9.90 Å². The minimum Gasteiger partial charge on any atom is -0.372 e. The summed E-state index contributed by atoms with van der Waals surface area (Å²) < 4.78 is 0. The number of aromatic nitrogens is 1. The van der Waals surface area contributed by atoms with E-state index in [4.69, 9.17) is 0 Å². The molecule has 0 aliphatic carbocycles. The number of carbonyl (C=O) groups is 1. The minimum absolute atomic E-state index is 0.371. The van der Waals surface area contributed by atoms with Crippen molar-refractivity contribution in [2.24, 2.45) is 0 Å². The Morgan fingerprint density at radius 3 is 2.73 bits per heavy atom. The number of ketones is 1. The summed E-state index contributed by atoms with van der Waals surface area (Å²) in [6, 6.07) is 9.26. The second-order valence-corrected chi connectivity index (χ2v) is 4.49. The van der Waals surface area contributed by atoms with Gasteiger partial charge in [-0.1, -0.05) is 18.2 Å². The van der Waals surface area contributed by atoms with E-state index in [1.165, 1.54) is 6.92 Å². The zero-order valence-electron chi connectivity index (χ0n) is 8.19. The molecule has 1 aromatic heterocycles. The third-order valence-corrected chi connectivity index (χ3v) is 2.41. The predicted octanol–water partition coefficient (Wildman–Crippen LogP) is 1.99. The van der Waals surface area contributed by atoms with Crippen LogP contribution in [0, 0.1) is 0 Å². The first-order valence-corrected chi connectivity index (χ1v) is 5.00. The molecule has 2 rings (SSSR count). The van der Waals surface area contributed by atoms with E-state index in [0.717, 1.165) is 10.9 Å². The van der Waals surface area contributed by atoms with E-state index in [1.807, 2.05) is 24.3 Å². The SMILES string of the molecule is CC(O)(S)C(=O)c1cc2ccccc2[nH]1. The molecule has 0 spiro atoms. The highest BCUT2D eigenvalue weighted by molar-refractivity contribution is 7.82. The molecule has 1 aromatic carbocycles. The average Bonchev–Trinajstić information content (AvgIpc) is 2.58. The van der Waals surface area contributed by atoms with Crippen LogP contribution in [0.1, 0.15) is 17.4 Å². The van der Waals surface area contributed by atoms with Crippen LogP contribution in [0.5, 0.6) is 0 Å². The van der Waals surface area contributed by atoms with E-state index in [0.29, 0.717) is 5.69 Å². The van der Waals surface area contributed by atoms with E-state index in [2.05, 4.69) is 17.6 Å². The molecule has 15 heavy (non-hydrogen) atoms. The molecule has 0 saturated carbocycles. The smallest absolute Gasteiger partial charge is 0.220 e. The molecule has 0 saturated heterocycles. The van der Waals surface area contributed by atoms with Crippen LogP contribution in [-0.2, 0) is 0 Å². The fraction of sp³-hybridized carbons (Fsp3) is 0.182. The van der Waals surface area contributed by atoms with Crippen LogP contribution >= 0.6 is 12.6 Å². The first kappa shape index (κ1) is 10.3. The Balaban J connectivity index is 2.50. The van der Waals surface area contributed by atoms with Gasteiger partial charge in [0, 0.05) is 10.9 Å². The highest BCUT2D eigenvalue weighted by atomic mass is 32.1. The van der Waals surface area contributed by atoms with Gasteiger partial charge in [-0.15, -0.1) is 12.6 Å². The first-order chi connectivity index (χ1) is 6.98. The molecule has 1 heterocycles. The van der Waals surface area contributed by atoms with E-state index in [1.54, 1.807) is 6.07 Å². The van der Waals surface area contributed by atoms with Gasteiger partial charge in [0.15, 0.2) is 4.93 Å². The summed E-state index contributed by atoms with van der Waals surface area (Å²) in [6.45, 7) is 1.35. The van der Waals surface area contributed by atoms with Crippen molar-refractivity contribution in [2.75, 3.05) is 0 Å². The summed E-state index contributed by atoms with van der Waals surface area (Å²) in [6.07, 6.45) is 0. The summed E-state index contributed by atoms with van der Waals surface area (Å²) >= 11 is 3.83. The quantitative estimate of drug-likeness (QED) is 0.412. The normalized spacial score (nSPS) is 15.1. The Labute approximate surface area is 92.5 Å². The summed E-state index contributed by atoms with van der Waals surface area (Å²) in [5.74, 6) is -0.429. The van der Waals surface area contributed by atoms with Gasteiger partial charge in [-0.25, -0.2) is 0 Å². The van der Waals surface area contributed by atoms with Crippen LogP contribution < -0.4 is 0 Å². The average molecular weight is 221 g/mol. The number of aromatic amines is 1. The number of hydrogen-bond donors (Lipinski definition) is 3. The van der Waals surface area contributed by atoms with E-state index in [9.17, 15) is 9.90 Å². The fourth-order valence-electron chi connectivity index (χ4n) is 1.45. The standard InChI is InChI=1S/C11H11NO2S/c1-11(14,15)10(13)9-6-7-4-2-3-5-8(7)12-9/h2-6,12,14-15H,1H3. The Hall–Kier alpha value is -1.26. The molecule has 0 fully saturated rings. The number of carbonyl (C=O) groups excluding carboxylic acids is 1. The predicted molar refractivity (Wildman–Crippen MR) is 62.2 cm³/mol. The minimum atomic E-state index is -1.64. The molecule has 2 N–H and O–H groups in total. The molecule has 4 heteroatoms. The van der Waals surface area contributed by atoms with Gasteiger partial charge in [-0.3, -0.25) is 4.79 Å². The third-order valence-electron chi connectivity index (χ3n) is 2.20. The van der Waals surface area contributed by atoms with Gasteiger partial charge >= 0.3 is 0 Å². The molecule has 1 unspecified atom stereocenters. The zero-order valence-corrected chi connectivity index (χ0v) is 9.08. The molecule has 0 aliphatic rings. The van der Waals surface area contributed by atoms with Gasteiger partial charge in [0.2, 0.25) is 5.78 Å². The summed E-state index contributed by atoms with van der Waals surface area (Å²) in [5, 5.41) is 10.4. The monoisotopic (exact) mass is 221 g/mol. The van der Waals surface area contributed by atoms with E-state index in [-0.39, 0.29) is 0 Å². The highest BCUT2D eigenvalue weighted by Gasteiger charge is 2.27. The number of aliphatic hydroxyl groups is 1. The largest absolute Gasteiger partial charge is 0.372 e. The van der Waals surface area contributed by atoms with Crippen molar-refractivity contribution in [1.82, 2.24) is 4.98 Å². The van der Waals surface area contributed by atoms with Crippen molar-refractivity contribution in [3.63, 3.8) is 0 Å². The van der Waals surface area contributed by atoms with Crippen molar-refractivity contribution in [1.29, 1.82) is 0 Å². The van der Waals surface area contributed by atoms with Gasteiger partial charge in [0.05, 0.1) is 5.69 Å². The lowest BCUT2D eigenvalue weighted by Crippen LogP contribution is -2.28. The van der Waals surface area contributed by atoms with Crippen LogP contribution in [0.15, 0.2) is 30.3 Å². The molecule has 1 atom stereocenters. The number of thiol groups is 1. The number of benzene rings is 1. The topological polar surface area (TPSA) is 53.1 Å². The zero-order chi connectivity index (χ0) is 11.1. The number of rotatable bonds is 2. The Morgan fingerprint density at radius 1 is 1.47 bits per heavy atom.